The van der Waals surface area contributed by atoms with Crippen LogP contribution in [-0.2, 0) is 0 Å². The van der Waals surface area contributed by atoms with Crippen LogP contribution in [0.1, 0.15) is 33.5 Å². The highest BCUT2D eigenvalue weighted by Gasteiger charge is 2.04. The van der Waals surface area contributed by atoms with E-state index in [-0.39, 0.29) is 5.91 Å². The normalized spacial score (nSPS) is 10.7. The number of hydrazone groups is 1. The van der Waals surface area contributed by atoms with E-state index in [2.05, 4.69) is 30.4 Å². The lowest BCUT2D eigenvalue weighted by Gasteiger charge is -2.10. The second-order valence-corrected chi connectivity index (χ2v) is 6.98. The van der Waals surface area contributed by atoms with Crippen LogP contribution in [0.2, 0.25) is 0 Å². The molecule has 3 rings (SSSR count). The molecular weight excluding hydrogens is 376 g/mol. The summed E-state index contributed by atoms with van der Waals surface area (Å²) in [6.07, 6.45) is 2.34. The highest BCUT2D eigenvalue weighted by molar-refractivity contribution is 5.95. The van der Waals surface area contributed by atoms with Crippen LogP contribution in [0.3, 0.4) is 0 Å². The van der Waals surface area contributed by atoms with Crippen LogP contribution in [-0.4, -0.2) is 25.3 Å². The average molecular weight is 402 g/mol. The molecule has 5 nitrogen and oxygen atoms in total. The molecule has 1 N–H and O–H groups in total. The minimum Gasteiger partial charge on any atom is -0.493 e. The van der Waals surface area contributed by atoms with Crippen LogP contribution in [0.15, 0.2) is 77.9 Å². The number of hydrogen-bond acceptors (Lipinski definition) is 4. The first-order valence-electron chi connectivity index (χ1n) is 9.93. The molecule has 0 aliphatic heterocycles. The summed E-state index contributed by atoms with van der Waals surface area (Å²) in [5, 5.41) is 4.05. The molecule has 0 spiro atoms. The second-order valence-electron chi connectivity index (χ2n) is 6.98. The Morgan fingerprint density at radius 3 is 2.33 bits per heavy atom. The molecule has 0 saturated carbocycles. The average Bonchev–Trinajstić information content (AvgIpc) is 2.74. The van der Waals surface area contributed by atoms with Crippen LogP contribution in [0.5, 0.6) is 11.5 Å². The van der Waals surface area contributed by atoms with Crippen LogP contribution in [0, 0.1) is 13.8 Å². The van der Waals surface area contributed by atoms with Gasteiger partial charge >= 0.3 is 0 Å². The summed E-state index contributed by atoms with van der Waals surface area (Å²) >= 11 is 0. The maximum Gasteiger partial charge on any atom is 0.271 e. The molecule has 0 atom stereocenters. The monoisotopic (exact) mass is 402 g/mol. The van der Waals surface area contributed by atoms with Crippen molar-refractivity contribution < 1.29 is 14.3 Å². The number of nitrogens with zero attached hydrogens (tertiary/aromatic N) is 1. The molecule has 0 aromatic heterocycles. The Morgan fingerprint density at radius 2 is 1.57 bits per heavy atom. The molecule has 3 aromatic rings. The fraction of sp³-hybridized carbons (Fsp3) is 0.200. The first kappa shape index (κ1) is 21.1. The van der Waals surface area contributed by atoms with Crippen molar-refractivity contribution in [2.45, 2.75) is 20.3 Å². The van der Waals surface area contributed by atoms with Gasteiger partial charge in [-0.05, 0) is 61.4 Å². The van der Waals surface area contributed by atoms with Gasteiger partial charge < -0.3 is 9.47 Å². The van der Waals surface area contributed by atoms with Crippen molar-refractivity contribution in [1.82, 2.24) is 5.43 Å². The van der Waals surface area contributed by atoms with E-state index in [9.17, 15) is 4.79 Å². The van der Waals surface area contributed by atoms with Gasteiger partial charge in [-0.25, -0.2) is 5.43 Å². The number of carbonyl (C=O) groups is 1. The molecule has 154 valence electrons. The predicted octanol–water partition coefficient (Wildman–Crippen LogP) is 4.92. The summed E-state index contributed by atoms with van der Waals surface area (Å²) in [5.74, 6) is 1.34. The fourth-order valence-electron chi connectivity index (χ4n) is 2.98. The summed E-state index contributed by atoms with van der Waals surface area (Å²) in [6.45, 7) is 5.21. The Hall–Kier alpha value is -3.60. The third kappa shape index (κ3) is 6.48. The summed E-state index contributed by atoms with van der Waals surface area (Å²) < 4.78 is 11.7. The summed E-state index contributed by atoms with van der Waals surface area (Å²) in [4.78, 5) is 12.1. The van der Waals surface area contributed by atoms with Crippen molar-refractivity contribution in [3.05, 3.63) is 95.1 Å². The first-order valence-corrected chi connectivity index (χ1v) is 9.93. The van der Waals surface area contributed by atoms with Gasteiger partial charge in [0.1, 0.15) is 11.5 Å². The molecule has 1 amide bonds. The molecular formula is C25H26N2O3. The van der Waals surface area contributed by atoms with E-state index in [1.165, 1.54) is 11.1 Å². The first-order chi connectivity index (χ1) is 14.6. The smallest absolute Gasteiger partial charge is 0.271 e. The van der Waals surface area contributed by atoms with Gasteiger partial charge in [0.25, 0.3) is 5.91 Å². The van der Waals surface area contributed by atoms with Gasteiger partial charge in [-0.15, -0.1) is 0 Å². The molecule has 0 bridgehead atoms. The van der Waals surface area contributed by atoms with Gasteiger partial charge in [0.15, 0.2) is 0 Å². The van der Waals surface area contributed by atoms with Crippen molar-refractivity contribution in [2.24, 2.45) is 5.10 Å². The lowest BCUT2D eigenvalue weighted by molar-refractivity contribution is 0.0955. The molecule has 0 saturated heterocycles. The quantitative estimate of drug-likeness (QED) is 0.314. The van der Waals surface area contributed by atoms with E-state index in [4.69, 9.17) is 9.47 Å². The highest BCUT2D eigenvalue weighted by Crippen LogP contribution is 2.18. The Kier molecular flexibility index (Phi) is 7.61. The zero-order chi connectivity index (χ0) is 21.2. The van der Waals surface area contributed by atoms with Gasteiger partial charge in [0.05, 0.1) is 19.4 Å². The van der Waals surface area contributed by atoms with Crippen molar-refractivity contribution >= 4 is 12.1 Å². The Morgan fingerprint density at radius 1 is 0.900 bits per heavy atom. The zero-order valence-electron chi connectivity index (χ0n) is 17.3. The van der Waals surface area contributed by atoms with Gasteiger partial charge in [0.2, 0.25) is 0 Å². The van der Waals surface area contributed by atoms with E-state index in [0.29, 0.717) is 24.5 Å². The van der Waals surface area contributed by atoms with E-state index >= 15 is 0 Å². The number of aryl methyl sites for hydroxylation is 2. The van der Waals surface area contributed by atoms with Gasteiger partial charge in [-0.1, -0.05) is 36.4 Å². The number of rotatable bonds is 9. The molecule has 30 heavy (non-hydrogen) atoms. The topological polar surface area (TPSA) is 59.9 Å². The molecule has 0 aliphatic rings. The minimum absolute atomic E-state index is 0.256. The maximum absolute atomic E-state index is 12.1. The number of benzene rings is 3. The highest BCUT2D eigenvalue weighted by atomic mass is 16.5. The number of amides is 1. The summed E-state index contributed by atoms with van der Waals surface area (Å²) in [5.41, 5.74) is 6.26. The minimum atomic E-state index is -0.256. The standard InChI is InChI=1S/C25H26N2O3/c1-19-15-20(2)17-23(16-19)29-13-8-14-30-24-12-7-6-11-22(24)18-26-27-25(28)21-9-4-3-5-10-21/h3-7,9-12,15-18H,8,13-14H2,1-2H3,(H,27,28)/b26-18+. The van der Waals surface area contributed by atoms with Crippen LogP contribution >= 0.6 is 0 Å². The summed E-state index contributed by atoms with van der Waals surface area (Å²) in [6, 6.07) is 22.7. The third-order valence-electron chi connectivity index (χ3n) is 4.33. The van der Waals surface area contributed by atoms with E-state index < -0.39 is 0 Å². The molecule has 3 aromatic carbocycles. The fourth-order valence-corrected chi connectivity index (χ4v) is 2.98. The Balaban J connectivity index is 1.47. The largest absolute Gasteiger partial charge is 0.493 e. The number of nitrogens with one attached hydrogen (secondary N) is 1. The van der Waals surface area contributed by atoms with E-state index in [1.807, 2.05) is 54.6 Å². The second kappa shape index (κ2) is 10.8. The van der Waals surface area contributed by atoms with E-state index in [0.717, 1.165) is 17.7 Å². The number of carbonyl (C=O) groups excluding carboxylic acids is 1. The third-order valence-corrected chi connectivity index (χ3v) is 4.33. The summed E-state index contributed by atoms with van der Waals surface area (Å²) in [7, 11) is 0. The van der Waals surface area contributed by atoms with Crippen molar-refractivity contribution in [3.8, 4) is 11.5 Å². The number of hydrogen-bond donors (Lipinski definition) is 1. The van der Waals surface area contributed by atoms with Gasteiger partial charge in [-0.2, -0.15) is 5.10 Å². The zero-order valence-corrected chi connectivity index (χ0v) is 17.3. The van der Waals surface area contributed by atoms with E-state index in [1.54, 1.807) is 18.3 Å². The van der Waals surface area contributed by atoms with Crippen molar-refractivity contribution in [3.63, 3.8) is 0 Å². The predicted molar refractivity (Wildman–Crippen MR) is 119 cm³/mol. The number of para-hydroxylation sites is 1. The number of ether oxygens (including phenoxy) is 2. The lowest BCUT2D eigenvalue weighted by Crippen LogP contribution is -2.17. The molecule has 0 unspecified atom stereocenters. The van der Waals surface area contributed by atoms with Crippen molar-refractivity contribution in [2.75, 3.05) is 13.2 Å². The maximum atomic E-state index is 12.1. The molecule has 0 heterocycles. The lowest BCUT2D eigenvalue weighted by atomic mass is 10.1. The molecule has 0 fully saturated rings. The molecule has 5 heteroatoms. The SMILES string of the molecule is Cc1cc(C)cc(OCCCOc2ccccc2/C=N/NC(=O)c2ccccc2)c1. The Bertz CT molecular complexity index is 980. The van der Waals surface area contributed by atoms with Gasteiger partial charge in [-0.3, -0.25) is 4.79 Å². The Labute approximate surface area is 177 Å². The van der Waals surface area contributed by atoms with Crippen LogP contribution in [0.4, 0.5) is 0 Å². The van der Waals surface area contributed by atoms with Crippen LogP contribution < -0.4 is 14.9 Å². The molecule has 0 radical (unpaired) electrons. The van der Waals surface area contributed by atoms with Crippen molar-refractivity contribution in [1.29, 1.82) is 0 Å². The molecule has 0 aliphatic carbocycles. The van der Waals surface area contributed by atoms with Gasteiger partial charge in [0, 0.05) is 17.5 Å². The van der Waals surface area contributed by atoms with Crippen LogP contribution in [0.25, 0.3) is 0 Å².